The highest BCUT2D eigenvalue weighted by molar-refractivity contribution is 7.91. The zero-order valence-corrected chi connectivity index (χ0v) is 19.1. The molecule has 0 bridgehead atoms. The van der Waals surface area contributed by atoms with Gasteiger partial charge in [-0.3, -0.25) is 9.78 Å². The number of hydrogen-bond donors (Lipinski definition) is 2. The lowest BCUT2D eigenvalue weighted by molar-refractivity contribution is -0.114. The summed E-state index contributed by atoms with van der Waals surface area (Å²) in [4.78, 5) is 27.8. The third-order valence-corrected chi connectivity index (χ3v) is 7.59. The molecule has 9 heteroatoms. The Labute approximate surface area is 195 Å². The molecule has 2 aromatic heterocycles. The Morgan fingerprint density at radius 2 is 2.00 bits per heavy atom. The maximum absolute atomic E-state index is 12.6. The summed E-state index contributed by atoms with van der Waals surface area (Å²) in [6.07, 6.45) is 7.88. The molecule has 1 saturated carbocycles. The van der Waals surface area contributed by atoms with Crippen molar-refractivity contribution in [1.29, 1.82) is 0 Å². The lowest BCUT2D eigenvalue weighted by atomic mass is 9.99. The van der Waals surface area contributed by atoms with Gasteiger partial charge in [-0.05, 0) is 47.8 Å². The van der Waals surface area contributed by atoms with E-state index in [1.54, 1.807) is 30.7 Å². The quantitative estimate of drug-likeness (QED) is 0.517. The number of pyridine rings is 1. The molecule has 5 rings (SSSR count). The molecule has 8 nitrogen and oxygen atoms in total. The fourth-order valence-electron chi connectivity index (χ4n) is 4.33. The van der Waals surface area contributed by atoms with Gasteiger partial charge in [-0.1, -0.05) is 6.07 Å². The van der Waals surface area contributed by atoms with Gasteiger partial charge < -0.3 is 19.9 Å². The molecule has 33 heavy (non-hydrogen) atoms. The molecule has 2 aliphatic rings. The van der Waals surface area contributed by atoms with Crippen molar-refractivity contribution in [1.82, 2.24) is 15.0 Å². The zero-order chi connectivity index (χ0) is 23.0. The molecule has 1 spiro atoms. The SMILES string of the molecule is CC(=O)Nc1ccnc(-c2cnc(N3CC4(CC4)c4ccc([S+]([O-])CCCO)cc43)nc2)c1. The van der Waals surface area contributed by atoms with Crippen molar-refractivity contribution < 1.29 is 14.5 Å². The summed E-state index contributed by atoms with van der Waals surface area (Å²) < 4.78 is 12.6. The molecule has 1 fully saturated rings. The Bertz CT molecular complexity index is 1180. The van der Waals surface area contributed by atoms with Crippen molar-refractivity contribution in [2.75, 3.05) is 29.1 Å². The molecule has 170 valence electrons. The number of amides is 1. The van der Waals surface area contributed by atoms with Crippen LogP contribution in [-0.4, -0.2) is 49.4 Å². The highest BCUT2D eigenvalue weighted by Gasteiger charge is 2.52. The first kappa shape index (κ1) is 21.8. The standard InChI is InChI=1S/C24H25N5O3S/c1-16(31)28-18-5-8-25-21(11-18)17-13-26-23(27-14-17)29-15-24(6-7-24)20-4-3-19(12-22(20)29)33(32)10-2-9-30/h3-5,8,11-14,30H,2,6-7,9-10,15H2,1H3,(H,25,28,31). The van der Waals surface area contributed by atoms with Crippen LogP contribution in [0.15, 0.2) is 53.8 Å². The smallest absolute Gasteiger partial charge is 0.229 e. The van der Waals surface area contributed by atoms with Crippen LogP contribution in [0.1, 0.15) is 31.7 Å². The van der Waals surface area contributed by atoms with Gasteiger partial charge in [0.2, 0.25) is 11.9 Å². The summed E-state index contributed by atoms with van der Waals surface area (Å²) >= 11 is -1.15. The van der Waals surface area contributed by atoms with Gasteiger partial charge in [-0.15, -0.1) is 0 Å². The van der Waals surface area contributed by atoms with E-state index in [-0.39, 0.29) is 17.9 Å². The summed E-state index contributed by atoms with van der Waals surface area (Å²) in [6.45, 7) is 2.31. The number of nitrogens with zero attached hydrogens (tertiary/aromatic N) is 4. The number of carbonyl (C=O) groups is 1. The molecular weight excluding hydrogens is 438 g/mol. The number of aromatic nitrogens is 3. The fourth-order valence-corrected chi connectivity index (χ4v) is 5.42. The normalized spacial score (nSPS) is 16.5. The van der Waals surface area contributed by atoms with Crippen LogP contribution in [-0.2, 0) is 21.4 Å². The molecule has 3 aromatic rings. The lowest BCUT2D eigenvalue weighted by Crippen LogP contribution is -2.21. The average Bonchev–Trinajstić information content (AvgIpc) is 3.53. The Kier molecular flexibility index (Phi) is 5.77. The van der Waals surface area contributed by atoms with E-state index in [1.165, 1.54) is 12.5 Å². The molecule has 0 radical (unpaired) electrons. The number of fused-ring (bicyclic) bond motifs is 2. The van der Waals surface area contributed by atoms with Gasteiger partial charge in [0, 0.05) is 67.8 Å². The number of hydrogen-bond acceptors (Lipinski definition) is 7. The predicted octanol–water partition coefficient (Wildman–Crippen LogP) is 3.17. The van der Waals surface area contributed by atoms with E-state index in [0.29, 0.717) is 29.5 Å². The van der Waals surface area contributed by atoms with Gasteiger partial charge >= 0.3 is 0 Å². The highest BCUT2D eigenvalue weighted by Crippen LogP contribution is 2.58. The Morgan fingerprint density at radius 1 is 1.21 bits per heavy atom. The van der Waals surface area contributed by atoms with Gasteiger partial charge in [0.25, 0.3) is 0 Å². The minimum atomic E-state index is -1.15. The molecule has 1 aliphatic carbocycles. The molecule has 0 saturated heterocycles. The second kappa shape index (κ2) is 8.74. The van der Waals surface area contributed by atoms with Gasteiger partial charge in [-0.2, -0.15) is 0 Å². The largest absolute Gasteiger partial charge is 0.611 e. The number of nitrogens with one attached hydrogen (secondary N) is 1. The van der Waals surface area contributed by atoms with Crippen LogP contribution in [0, 0.1) is 0 Å². The Balaban J connectivity index is 1.42. The average molecular weight is 464 g/mol. The Hall–Kier alpha value is -3.01. The van der Waals surface area contributed by atoms with Crippen molar-refractivity contribution in [3.8, 4) is 11.3 Å². The van der Waals surface area contributed by atoms with Crippen molar-refractivity contribution in [2.24, 2.45) is 0 Å². The predicted molar refractivity (Wildman–Crippen MR) is 127 cm³/mol. The summed E-state index contributed by atoms with van der Waals surface area (Å²) in [5.74, 6) is 0.896. The number of benzene rings is 1. The summed E-state index contributed by atoms with van der Waals surface area (Å²) in [6, 6.07) is 9.57. The maximum Gasteiger partial charge on any atom is 0.229 e. The van der Waals surface area contributed by atoms with E-state index < -0.39 is 11.2 Å². The van der Waals surface area contributed by atoms with Crippen molar-refractivity contribution in [3.63, 3.8) is 0 Å². The zero-order valence-electron chi connectivity index (χ0n) is 18.3. The first-order chi connectivity index (χ1) is 16.0. The molecule has 1 aromatic carbocycles. The third kappa shape index (κ3) is 4.31. The molecule has 3 heterocycles. The molecule has 2 N–H and O–H groups in total. The molecule has 1 unspecified atom stereocenters. The van der Waals surface area contributed by atoms with E-state index in [1.807, 2.05) is 12.1 Å². The van der Waals surface area contributed by atoms with Crippen LogP contribution in [0.2, 0.25) is 0 Å². The highest BCUT2D eigenvalue weighted by atomic mass is 32.2. The first-order valence-electron chi connectivity index (χ1n) is 11.0. The summed E-state index contributed by atoms with van der Waals surface area (Å²) in [5.41, 5.74) is 4.52. The van der Waals surface area contributed by atoms with Crippen LogP contribution in [0.4, 0.5) is 17.3 Å². The van der Waals surface area contributed by atoms with Gasteiger partial charge in [0.15, 0.2) is 4.90 Å². The molecule has 1 aliphatic heterocycles. The Morgan fingerprint density at radius 3 is 2.70 bits per heavy atom. The lowest BCUT2D eigenvalue weighted by Gasteiger charge is -2.18. The topological polar surface area (TPSA) is 114 Å². The molecule has 1 atom stereocenters. The van der Waals surface area contributed by atoms with Gasteiger partial charge in [-0.25, -0.2) is 9.97 Å². The van der Waals surface area contributed by atoms with Gasteiger partial charge in [0.05, 0.1) is 11.4 Å². The second-order valence-electron chi connectivity index (χ2n) is 8.55. The minimum absolute atomic E-state index is 0.0364. The number of rotatable bonds is 7. The van der Waals surface area contributed by atoms with E-state index in [0.717, 1.165) is 35.5 Å². The maximum atomic E-state index is 12.6. The van der Waals surface area contributed by atoms with Crippen molar-refractivity contribution >= 4 is 34.4 Å². The number of aliphatic hydroxyl groups is 1. The molecule has 1 amide bonds. The van der Waals surface area contributed by atoms with E-state index in [4.69, 9.17) is 5.11 Å². The third-order valence-electron chi connectivity index (χ3n) is 6.15. The van der Waals surface area contributed by atoms with Crippen LogP contribution < -0.4 is 10.2 Å². The fraction of sp³-hybridized carbons (Fsp3) is 0.333. The first-order valence-corrected chi connectivity index (χ1v) is 12.3. The summed E-state index contributed by atoms with van der Waals surface area (Å²) in [7, 11) is 0. The van der Waals surface area contributed by atoms with E-state index >= 15 is 0 Å². The van der Waals surface area contributed by atoms with E-state index in [2.05, 4.69) is 31.2 Å². The number of carbonyl (C=O) groups excluding carboxylic acids is 1. The second-order valence-corrected chi connectivity index (χ2v) is 10.1. The summed E-state index contributed by atoms with van der Waals surface area (Å²) in [5, 5.41) is 11.8. The van der Waals surface area contributed by atoms with Gasteiger partial charge in [0.1, 0.15) is 5.75 Å². The number of aliphatic hydroxyl groups excluding tert-OH is 1. The van der Waals surface area contributed by atoms with Crippen LogP contribution in [0.5, 0.6) is 0 Å². The molecular formula is C24H25N5O3S. The van der Waals surface area contributed by atoms with Crippen LogP contribution in [0.25, 0.3) is 11.3 Å². The number of anilines is 3. The van der Waals surface area contributed by atoms with Crippen LogP contribution in [0.3, 0.4) is 0 Å². The van der Waals surface area contributed by atoms with Crippen LogP contribution >= 0.6 is 0 Å². The monoisotopic (exact) mass is 463 g/mol. The van der Waals surface area contributed by atoms with E-state index in [9.17, 15) is 9.35 Å². The van der Waals surface area contributed by atoms with Crippen molar-refractivity contribution in [3.05, 3.63) is 54.5 Å². The van der Waals surface area contributed by atoms with Crippen molar-refractivity contribution in [2.45, 2.75) is 36.5 Å². The minimum Gasteiger partial charge on any atom is -0.611 e.